The van der Waals surface area contributed by atoms with Crippen molar-refractivity contribution in [3.05, 3.63) is 230 Å². The molecule has 0 radical (unpaired) electrons. The molecule has 13 rings (SSSR count). The number of aromatic nitrogens is 1. The van der Waals surface area contributed by atoms with Crippen molar-refractivity contribution in [2.45, 2.75) is 19.3 Å². The van der Waals surface area contributed by atoms with E-state index in [1.807, 2.05) is 0 Å². The zero-order chi connectivity index (χ0) is 42.5. The summed E-state index contributed by atoms with van der Waals surface area (Å²) in [5.41, 5.74) is 18.2. The van der Waals surface area contributed by atoms with Crippen molar-refractivity contribution < 1.29 is 4.42 Å². The van der Waals surface area contributed by atoms with Crippen LogP contribution in [0.15, 0.2) is 223 Å². The molecule has 0 fully saturated rings. The Morgan fingerprint density at radius 2 is 1.12 bits per heavy atom. The number of furan rings is 1. The Balaban J connectivity index is 1.02. The van der Waals surface area contributed by atoms with Crippen molar-refractivity contribution in [2.24, 2.45) is 0 Å². The van der Waals surface area contributed by atoms with Crippen molar-refractivity contribution >= 4 is 71.6 Å². The molecule has 0 saturated carbocycles. The normalized spacial score (nSPS) is 13.0. The molecule has 302 valence electrons. The summed E-state index contributed by atoms with van der Waals surface area (Å²) in [5, 5.41) is 7.09. The fraction of sp³-hybridized carbons (Fsp3) is 0.0492. The van der Waals surface area contributed by atoms with Gasteiger partial charge in [0.2, 0.25) is 0 Å². The van der Waals surface area contributed by atoms with Gasteiger partial charge in [0.25, 0.3) is 0 Å². The van der Waals surface area contributed by atoms with Crippen LogP contribution >= 0.6 is 0 Å². The molecule has 2 aromatic heterocycles. The Kier molecular flexibility index (Phi) is 7.95. The van der Waals surface area contributed by atoms with Crippen LogP contribution in [0.2, 0.25) is 0 Å². The van der Waals surface area contributed by atoms with Crippen molar-refractivity contribution in [3.8, 4) is 39.1 Å². The maximum atomic E-state index is 6.94. The fourth-order valence-electron chi connectivity index (χ4n) is 10.7. The van der Waals surface area contributed by atoms with E-state index in [-0.39, 0.29) is 5.41 Å². The monoisotopic (exact) mass is 818 g/mol. The number of anilines is 3. The van der Waals surface area contributed by atoms with Gasteiger partial charge in [0, 0.05) is 44.1 Å². The van der Waals surface area contributed by atoms with Crippen LogP contribution < -0.4 is 4.90 Å². The SMILES string of the molecule is CC1(C)c2ccccc2-c2c(N(c3ccc(-c4ccc5c(c4)c4ccccc4n5-c4ccccc4)cc3)c3ccc(-c4ccc5ccccc5c4)c4oc5ccccc5c34)cccc21. The van der Waals surface area contributed by atoms with Gasteiger partial charge in [0.1, 0.15) is 11.2 Å². The van der Waals surface area contributed by atoms with Crippen molar-refractivity contribution in [1.29, 1.82) is 0 Å². The van der Waals surface area contributed by atoms with E-state index in [0.29, 0.717) is 0 Å². The average molecular weight is 819 g/mol. The van der Waals surface area contributed by atoms with Gasteiger partial charge >= 0.3 is 0 Å². The minimum Gasteiger partial charge on any atom is -0.455 e. The Morgan fingerprint density at radius 3 is 2.00 bits per heavy atom. The first-order chi connectivity index (χ1) is 31.5. The Hall–Kier alpha value is -8.14. The van der Waals surface area contributed by atoms with Gasteiger partial charge in [-0.3, -0.25) is 0 Å². The molecular formula is C61H42N2O. The third-order valence-corrected chi connectivity index (χ3v) is 13.8. The molecule has 0 saturated heterocycles. The van der Waals surface area contributed by atoms with Crippen molar-refractivity contribution in [3.63, 3.8) is 0 Å². The Morgan fingerprint density at radius 1 is 0.438 bits per heavy atom. The van der Waals surface area contributed by atoms with E-state index in [0.717, 1.165) is 61.4 Å². The third-order valence-electron chi connectivity index (χ3n) is 13.8. The second-order valence-corrected chi connectivity index (χ2v) is 17.7. The summed E-state index contributed by atoms with van der Waals surface area (Å²) < 4.78 is 9.31. The van der Waals surface area contributed by atoms with E-state index in [4.69, 9.17) is 4.42 Å². The lowest BCUT2D eigenvalue weighted by atomic mass is 9.82. The van der Waals surface area contributed by atoms with Gasteiger partial charge < -0.3 is 13.9 Å². The van der Waals surface area contributed by atoms with Gasteiger partial charge in [-0.1, -0.05) is 159 Å². The number of para-hydroxylation sites is 3. The Bertz CT molecular complexity index is 3810. The highest BCUT2D eigenvalue weighted by atomic mass is 16.3. The van der Waals surface area contributed by atoms with E-state index >= 15 is 0 Å². The van der Waals surface area contributed by atoms with Crippen molar-refractivity contribution in [1.82, 2.24) is 4.57 Å². The van der Waals surface area contributed by atoms with Crippen LogP contribution in [0, 0.1) is 0 Å². The molecule has 1 aliphatic rings. The molecule has 3 nitrogen and oxygen atoms in total. The minimum atomic E-state index is -0.155. The number of nitrogens with zero attached hydrogens (tertiary/aromatic N) is 2. The average Bonchev–Trinajstić information content (AvgIpc) is 3.98. The van der Waals surface area contributed by atoms with Gasteiger partial charge in [-0.15, -0.1) is 0 Å². The molecule has 3 heteroatoms. The van der Waals surface area contributed by atoms with Crippen LogP contribution in [-0.2, 0) is 5.41 Å². The summed E-state index contributed by atoms with van der Waals surface area (Å²) >= 11 is 0. The van der Waals surface area contributed by atoms with E-state index in [1.54, 1.807) is 0 Å². The number of fused-ring (bicyclic) bond motifs is 10. The first-order valence-corrected chi connectivity index (χ1v) is 22.2. The third kappa shape index (κ3) is 5.41. The van der Waals surface area contributed by atoms with Crippen LogP contribution in [0.1, 0.15) is 25.0 Å². The largest absolute Gasteiger partial charge is 0.455 e. The quantitative estimate of drug-likeness (QED) is 0.167. The summed E-state index contributed by atoms with van der Waals surface area (Å²) in [7, 11) is 0. The predicted octanol–water partition coefficient (Wildman–Crippen LogP) is 16.9. The molecule has 1 aliphatic carbocycles. The molecular weight excluding hydrogens is 777 g/mol. The van der Waals surface area contributed by atoms with Gasteiger partial charge in [-0.25, -0.2) is 0 Å². The number of hydrogen-bond donors (Lipinski definition) is 0. The van der Waals surface area contributed by atoms with E-state index in [2.05, 4.69) is 242 Å². The standard InChI is InChI=1S/C61H42N2O/c1-61(2)51-22-11-8-20-48(51)58-52(61)23-14-25-55(58)63(56-36-34-46(43-28-27-39-15-6-7-16-41(39)37-43)60-59(56)49-21-10-13-26-57(49)64-60)45-32-29-40(30-33-45)42-31-35-54-50(38-42)47-19-9-12-24-53(47)62(54)44-17-4-3-5-18-44/h3-38H,1-2H3. The molecule has 12 aromatic rings. The van der Waals surface area contributed by atoms with Gasteiger partial charge in [0.05, 0.1) is 27.8 Å². The first kappa shape index (κ1) is 36.5. The summed E-state index contributed by atoms with van der Waals surface area (Å²) in [6.45, 7) is 4.71. The molecule has 0 N–H and O–H groups in total. The second kappa shape index (κ2) is 13.9. The van der Waals surface area contributed by atoms with E-state index in [9.17, 15) is 0 Å². The van der Waals surface area contributed by atoms with Crippen LogP contribution in [-0.4, -0.2) is 4.57 Å². The molecule has 10 aromatic carbocycles. The molecule has 64 heavy (non-hydrogen) atoms. The Labute approximate surface area is 371 Å². The highest BCUT2D eigenvalue weighted by molar-refractivity contribution is 6.18. The molecule has 2 heterocycles. The summed E-state index contributed by atoms with van der Waals surface area (Å²) in [4.78, 5) is 2.48. The lowest BCUT2D eigenvalue weighted by molar-refractivity contribution is 0.660. The topological polar surface area (TPSA) is 21.3 Å². The molecule has 0 aliphatic heterocycles. The lowest BCUT2D eigenvalue weighted by Gasteiger charge is -2.30. The zero-order valence-electron chi connectivity index (χ0n) is 35.6. The molecule has 0 amide bonds. The summed E-state index contributed by atoms with van der Waals surface area (Å²) in [6, 6.07) is 79.6. The van der Waals surface area contributed by atoms with Gasteiger partial charge in [0.15, 0.2) is 0 Å². The number of hydrogen-bond acceptors (Lipinski definition) is 2. The lowest BCUT2D eigenvalue weighted by Crippen LogP contribution is -2.16. The molecule has 0 spiro atoms. The zero-order valence-corrected chi connectivity index (χ0v) is 35.6. The number of rotatable bonds is 6. The maximum Gasteiger partial charge on any atom is 0.145 e. The molecule has 0 bridgehead atoms. The smallest absolute Gasteiger partial charge is 0.145 e. The van der Waals surface area contributed by atoms with Crippen LogP contribution in [0.5, 0.6) is 0 Å². The van der Waals surface area contributed by atoms with E-state index < -0.39 is 0 Å². The van der Waals surface area contributed by atoms with Gasteiger partial charge in [-0.05, 0) is 117 Å². The van der Waals surface area contributed by atoms with Gasteiger partial charge in [-0.2, -0.15) is 0 Å². The molecule has 0 unspecified atom stereocenters. The highest BCUT2D eigenvalue weighted by Gasteiger charge is 2.38. The fourth-order valence-corrected chi connectivity index (χ4v) is 10.7. The van der Waals surface area contributed by atoms with Crippen LogP contribution in [0.4, 0.5) is 17.1 Å². The molecule has 0 atom stereocenters. The van der Waals surface area contributed by atoms with Crippen molar-refractivity contribution in [2.75, 3.05) is 4.90 Å². The van der Waals surface area contributed by atoms with Crippen LogP contribution in [0.3, 0.4) is 0 Å². The van der Waals surface area contributed by atoms with Crippen LogP contribution in [0.25, 0.3) is 93.6 Å². The highest BCUT2D eigenvalue weighted by Crippen LogP contribution is 2.55. The predicted molar refractivity (Wildman–Crippen MR) is 269 cm³/mol. The second-order valence-electron chi connectivity index (χ2n) is 17.7. The maximum absolute atomic E-state index is 6.94. The number of benzene rings is 10. The summed E-state index contributed by atoms with van der Waals surface area (Å²) in [5.74, 6) is 0. The van der Waals surface area contributed by atoms with E-state index in [1.165, 1.54) is 60.4 Å². The first-order valence-electron chi connectivity index (χ1n) is 22.2. The minimum absolute atomic E-state index is 0.155. The summed E-state index contributed by atoms with van der Waals surface area (Å²) in [6.07, 6.45) is 0.